The van der Waals surface area contributed by atoms with Crippen LogP contribution in [0.2, 0.25) is 5.02 Å². The summed E-state index contributed by atoms with van der Waals surface area (Å²) in [7, 11) is 4.05. The Kier molecular flexibility index (Phi) is 6.12. The molecule has 1 heterocycles. The number of halogens is 1. The molecule has 5 heteroatoms. The molecule has 0 fully saturated rings. The van der Waals surface area contributed by atoms with Gasteiger partial charge >= 0.3 is 5.97 Å². The molecule has 0 radical (unpaired) electrons. The summed E-state index contributed by atoms with van der Waals surface area (Å²) in [4.78, 5) is 17.8. The van der Waals surface area contributed by atoms with Crippen LogP contribution in [0.4, 0.5) is 0 Å². The highest BCUT2D eigenvalue weighted by Crippen LogP contribution is 2.28. The number of aliphatic carboxylic acids is 1. The summed E-state index contributed by atoms with van der Waals surface area (Å²) < 4.78 is 0. The minimum absolute atomic E-state index is 0.000634. The number of nitrogens with zero attached hydrogens (tertiary/aromatic N) is 2. The number of aromatic nitrogens is 1. The first-order valence-corrected chi connectivity index (χ1v) is 8.06. The van der Waals surface area contributed by atoms with Crippen LogP contribution >= 0.6 is 11.6 Å². The molecule has 1 aromatic heterocycles. The number of carbonyl (C=O) groups is 1. The second-order valence-corrected chi connectivity index (χ2v) is 6.36. The van der Waals surface area contributed by atoms with Crippen molar-refractivity contribution in [2.45, 2.75) is 12.3 Å². The third kappa shape index (κ3) is 4.66. The summed E-state index contributed by atoms with van der Waals surface area (Å²) in [6, 6.07) is 13.1. The van der Waals surface area contributed by atoms with Crippen LogP contribution in [0.25, 0.3) is 5.57 Å². The van der Waals surface area contributed by atoms with E-state index in [9.17, 15) is 4.79 Å². The van der Waals surface area contributed by atoms with Crippen LogP contribution in [0, 0.1) is 0 Å². The summed E-state index contributed by atoms with van der Waals surface area (Å²) >= 11 is 5.99. The number of carboxylic acids is 1. The number of rotatable bonds is 7. The summed E-state index contributed by atoms with van der Waals surface area (Å²) in [6.07, 6.45) is 0.866. The van der Waals surface area contributed by atoms with Crippen molar-refractivity contribution in [2.75, 3.05) is 20.6 Å². The van der Waals surface area contributed by atoms with E-state index in [1.54, 1.807) is 6.07 Å². The van der Waals surface area contributed by atoms with Gasteiger partial charge in [-0.1, -0.05) is 36.4 Å². The van der Waals surface area contributed by atoms with E-state index in [1.807, 2.05) is 50.5 Å². The Hall–Kier alpha value is -2.17. The van der Waals surface area contributed by atoms with Crippen molar-refractivity contribution < 1.29 is 9.90 Å². The van der Waals surface area contributed by atoms with Gasteiger partial charge in [0.05, 0.1) is 11.3 Å². The number of carboxylic acid groups (broad SMARTS) is 1. The Morgan fingerprint density at radius 3 is 2.50 bits per heavy atom. The largest absolute Gasteiger partial charge is 0.478 e. The standard InChI is InChI=1S/C19H21ClN2O2/c1-13(19(23)24)17-5-4-6-18(21-17)16(11-12-22(2)3)14-7-9-15(20)10-8-14/h4-10,16H,1,11-12H2,2-3H3,(H,23,24). The fraction of sp³-hybridized carbons (Fsp3) is 0.263. The van der Waals surface area contributed by atoms with E-state index in [0.29, 0.717) is 10.7 Å². The molecule has 2 aromatic rings. The second-order valence-electron chi connectivity index (χ2n) is 5.93. The maximum absolute atomic E-state index is 11.1. The zero-order valence-corrected chi connectivity index (χ0v) is 14.6. The fourth-order valence-corrected chi connectivity index (χ4v) is 2.62. The molecule has 0 saturated carbocycles. The molecule has 0 spiro atoms. The number of pyridine rings is 1. The normalized spacial score (nSPS) is 12.2. The molecule has 1 atom stereocenters. The fourth-order valence-electron chi connectivity index (χ4n) is 2.49. The predicted octanol–water partition coefficient (Wildman–Crippen LogP) is 3.92. The van der Waals surface area contributed by atoms with Crippen LogP contribution in [0.3, 0.4) is 0 Å². The van der Waals surface area contributed by atoms with Crippen LogP contribution in [-0.2, 0) is 4.79 Å². The average molecular weight is 345 g/mol. The van der Waals surface area contributed by atoms with E-state index in [4.69, 9.17) is 16.7 Å². The molecule has 126 valence electrons. The van der Waals surface area contributed by atoms with Gasteiger partial charge in [0.25, 0.3) is 0 Å². The van der Waals surface area contributed by atoms with Gasteiger partial charge in [-0.3, -0.25) is 4.98 Å². The zero-order valence-electron chi connectivity index (χ0n) is 13.9. The highest BCUT2D eigenvalue weighted by molar-refractivity contribution is 6.30. The molecule has 0 aliphatic carbocycles. The van der Waals surface area contributed by atoms with Crippen molar-refractivity contribution in [1.29, 1.82) is 0 Å². The average Bonchev–Trinajstić information content (AvgIpc) is 2.56. The molecule has 1 unspecified atom stereocenters. The Morgan fingerprint density at radius 2 is 1.92 bits per heavy atom. The molecule has 0 bridgehead atoms. The molecule has 0 aliphatic heterocycles. The lowest BCUT2D eigenvalue weighted by molar-refractivity contribution is -0.130. The smallest absolute Gasteiger partial charge is 0.337 e. The van der Waals surface area contributed by atoms with E-state index in [-0.39, 0.29) is 11.5 Å². The third-order valence-electron chi connectivity index (χ3n) is 3.83. The summed E-state index contributed by atoms with van der Waals surface area (Å²) in [5, 5.41) is 9.81. The summed E-state index contributed by atoms with van der Waals surface area (Å²) in [5.41, 5.74) is 2.33. The molecule has 0 saturated heterocycles. The van der Waals surface area contributed by atoms with Crippen molar-refractivity contribution >= 4 is 23.1 Å². The van der Waals surface area contributed by atoms with Gasteiger partial charge in [-0.15, -0.1) is 0 Å². The van der Waals surface area contributed by atoms with Crippen LogP contribution in [-0.4, -0.2) is 41.6 Å². The van der Waals surface area contributed by atoms with Crippen molar-refractivity contribution in [2.24, 2.45) is 0 Å². The third-order valence-corrected chi connectivity index (χ3v) is 4.08. The van der Waals surface area contributed by atoms with E-state index < -0.39 is 5.97 Å². The first-order valence-electron chi connectivity index (χ1n) is 7.68. The highest BCUT2D eigenvalue weighted by Gasteiger charge is 2.18. The van der Waals surface area contributed by atoms with Crippen molar-refractivity contribution in [3.8, 4) is 0 Å². The Bertz CT molecular complexity index is 726. The number of hydrogen-bond acceptors (Lipinski definition) is 3. The van der Waals surface area contributed by atoms with Crippen LogP contribution in [0.5, 0.6) is 0 Å². The van der Waals surface area contributed by atoms with Gasteiger partial charge in [-0.25, -0.2) is 4.79 Å². The van der Waals surface area contributed by atoms with Crippen LogP contribution in [0.1, 0.15) is 29.3 Å². The molecule has 24 heavy (non-hydrogen) atoms. The van der Waals surface area contributed by atoms with Gasteiger partial charge in [0.15, 0.2) is 0 Å². The first-order chi connectivity index (χ1) is 11.4. The van der Waals surface area contributed by atoms with E-state index >= 15 is 0 Å². The lowest BCUT2D eigenvalue weighted by Crippen LogP contribution is -2.17. The molecule has 1 N–H and O–H groups in total. The van der Waals surface area contributed by atoms with E-state index in [2.05, 4.69) is 16.5 Å². The molecule has 0 amide bonds. The van der Waals surface area contributed by atoms with Gasteiger partial charge in [0.2, 0.25) is 0 Å². The van der Waals surface area contributed by atoms with Crippen molar-refractivity contribution in [3.05, 3.63) is 71.0 Å². The van der Waals surface area contributed by atoms with Gasteiger partial charge < -0.3 is 10.0 Å². The molecular formula is C19H21ClN2O2. The van der Waals surface area contributed by atoms with E-state index in [1.165, 1.54) is 0 Å². The molecule has 0 aliphatic rings. The Morgan fingerprint density at radius 1 is 1.25 bits per heavy atom. The predicted molar refractivity (Wildman–Crippen MR) is 97.4 cm³/mol. The SMILES string of the molecule is C=C(C(=O)O)c1cccc(C(CCN(C)C)c2ccc(Cl)cc2)n1. The van der Waals surface area contributed by atoms with Crippen molar-refractivity contribution in [3.63, 3.8) is 0 Å². The maximum atomic E-state index is 11.1. The minimum Gasteiger partial charge on any atom is -0.478 e. The van der Waals surface area contributed by atoms with Gasteiger partial charge in [0.1, 0.15) is 0 Å². The van der Waals surface area contributed by atoms with Crippen molar-refractivity contribution in [1.82, 2.24) is 9.88 Å². The lowest BCUT2D eigenvalue weighted by atomic mass is 9.91. The Labute approximate surface area is 147 Å². The monoisotopic (exact) mass is 344 g/mol. The van der Waals surface area contributed by atoms with Crippen LogP contribution < -0.4 is 0 Å². The molecule has 4 nitrogen and oxygen atoms in total. The zero-order chi connectivity index (χ0) is 17.7. The summed E-state index contributed by atoms with van der Waals surface area (Å²) in [6.45, 7) is 4.48. The first kappa shape index (κ1) is 18.2. The lowest BCUT2D eigenvalue weighted by Gasteiger charge is -2.20. The molecule has 1 aromatic carbocycles. The quantitative estimate of drug-likeness (QED) is 0.773. The maximum Gasteiger partial charge on any atom is 0.337 e. The topological polar surface area (TPSA) is 53.4 Å². The van der Waals surface area contributed by atoms with Gasteiger partial charge in [-0.2, -0.15) is 0 Å². The Balaban J connectivity index is 2.39. The number of benzene rings is 1. The molecular weight excluding hydrogens is 324 g/mol. The second kappa shape index (κ2) is 8.08. The van der Waals surface area contributed by atoms with Gasteiger partial charge in [0, 0.05) is 16.6 Å². The van der Waals surface area contributed by atoms with E-state index in [0.717, 1.165) is 24.2 Å². The molecule has 2 rings (SSSR count). The van der Waals surface area contributed by atoms with Crippen LogP contribution in [0.15, 0.2) is 49.0 Å². The minimum atomic E-state index is -1.06. The van der Waals surface area contributed by atoms with Gasteiger partial charge in [-0.05, 0) is 56.9 Å². The highest BCUT2D eigenvalue weighted by atomic mass is 35.5. The number of hydrogen-bond donors (Lipinski definition) is 1. The summed E-state index contributed by atoms with van der Waals surface area (Å²) in [5.74, 6) is -0.998.